The van der Waals surface area contributed by atoms with Crippen molar-refractivity contribution in [3.63, 3.8) is 0 Å². The minimum absolute atomic E-state index is 0.191. The highest BCUT2D eigenvalue weighted by Crippen LogP contribution is 2.40. The smallest absolute Gasteiger partial charge is 0.125 e. The van der Waals surface area contributed by atoms with Crippen molar-refractivity contribution in [1.29, 1.82) is 0 Å². The Balaban J connectivity index is 2.57. The molecule has 0 fully saturated rings. The lowest BCUT2D eigenvalue weighted by atomic mass is 9.90. The standard InChI is InChI=1S/C20H22O6/c1-25-18-5-11-3-12(7-21)15-6-19(26-2)16(9-23)17(10-24)20(15)14(11)4-13(18)8-22/h3-6,21-24H,7-10H2,1-2H3. The zero-order valence-electron chi connectivity index (χ0n) is 14.7. The van der Waals surface area contributed by atoms with Crippen molar-refractivity contribution in [2.75, 3.05) is 14.2 Å². The highest BCUT2D eigenvalue weighted by atomic mass is 16.5. The van der Waals surface area contributed by atoms with Crippen LogP contribution in [0.2, 0.25) is 0 Å². The summed E-state index contributed by atoms with van der Waals surface area (Å²) in [6.45, 7) is -0.972. The number of hydrogen-bond donors (Lipinski definition) is 4. The lowest BCUT2D eigenvalue weighted by Gasteiger charge is -2.19. The molecule has 0 amide bonds. The molecule has 0 aliphatic heterocycles. The molecule has 3 aromatic rings. The summed E-state index contributed by atoms with van der Waals surface area (Å²) in [5, 5.41) is 42.4. The first-order chi connectivity index (χ1) is 12.6. The van der Waals surface area contributed by atoms with E-state index in [1.165, 1.54) is 14.2 Å². The normalized spacial score (nSPS) is 11.3. The Bertz CT molecular complexity index is 964. The van der Waals surface area contributed by atoms with Gasteiger partial charge in [0.2, 0.25) is 0 Å². The largest absolute Gasteiger partial charge is 0.496 e. The van der Waals surface area contributed by atoms with E-state index in [-0.39, 0.29) is 26.4 Å². The van der Waals surface area contributed by atoms with Gasteiger partial charge < -0.3 is 29.9 Å². The Hall–Kier alpha value is -2.38. The van der Waals surface area contributed by atoms with E-state index in [4.69, 9.17) is 9.47 Å². The molecule has 0 radical (unpaired) electrons. The lowest BCUT2D eigenvalue weighted by Crippen LogP contribution is -2.03. The number of ether oxygens (including phenoxy) is 2. The minimum atomic E-state index is -0.298. The number of rotatable bonds is 6. The topological polar surface area (TPSA) is 99.4 Å². The maximum absolute atomic E-state index is 10.0. The van der Waals surface area contributed by atoms with E-state index in [9.17, 15) is 20.4 Å². The summed E-state index contributed by atoms with van der Waals surface area (Å²) in [6.07, 6.45) is 0. The molecule has 0 unspecified atom stereocenters. The van der Waals surface area contributed by atoms with Crippen LogP contribution in [0, 0.1) is 0 Å². The zero-order chi connectivity index (χ0) is 18.8. The molecule has 0 saturated heterocycles. The first kappa shape index (κ1) is 18.4. The number of aliphatic hydroxyl groups excluding tert-OH is 4. The van der Waals surface area contributed by atoms with Gasteiger partial charge in [-0.1, -0.05) is 0 Å². The molecule has 3 rings (SSSR count). The first-order valence-corrected chi connectivity index (χ1v) is 8.21. The summed E-state index contributed by atoms with van der Waals surface area (Å²) in [5.41, 5.74) is 2.32. The number of hydrogen-bond acceptors (Lipinski definition) is 6. The number of fused-ring (bicyclic) bond motifs is 3. The van der Waals surface area contributed by atoms with Crippen LogP contribution < -0.4 is 9.47 Å². The second-order valence-electron chi connectivity index (χ2n) is 6.01. The quantitative estimate of drug-likeness (QED) is 0.503. The Morgan fingerprint density at radius 3 is 1.85 bits per heavy atom. The van der Waals surface area contributed by atoms with Crippen LogP contribution in [-0.4, -0.2) is 34.6 Å². The molecule has 0 spiro atoms. The Morgan fingerprint density at radius 1 is 0.654 bits per heavy atom. The lowest BCUT2D eigenvalue weighted by molar-refractivity contribution is 0.255. The number of aliphatic hydroxyl groups is 4. The van der Waals surface area contributed by atoms with E-state index in [1.807, 2.05) is 12.1 Å². The van der Waals surface area contributed by atoms with Gasteiger partial charge in [-0.3, -0.25) is 0 Å². The average Bonchev–Trinajstić information content (AvgIpc) is 2.69. The highest BCUT2D eigenvalue weighted by molar-refractivity contribution is 6.12. The van der Waals surface area contributed by atoms with Gasteiger partial charge in [0.1, 0.15) is 11.5 Å². The zero-order valence-corrected chi connectivity index (χ0v) is 14.7. The van der Waals surface area contributed by atoms with Crippen molar-refractivity contribution in [3.05, 3.63) is 46.5 Å². The number of methoxy groups -OCH3 is 2. The summed E-state index contributed by atoms with van der Waals surface area (Å²) in [6, 6.07) is 7.21. The second-order valence-corrected chi connectivity index (χ2v) is 6.01. The molecular weight excluding hydrogens is 336 g/mol. The average molecular weight is 358 g/mol. The van der Waals surface area contributed by atoms with Gasteiger partial charge >= 0.3 is 0 Å². The maximum Gasteiger partial charge on any atom is 0.125 e. The van der Waals surface area contributed by atoms with E-state index in [0.717, 1.165) is 21.5 Å². The third-order valence-electron chi connectivity index (χ3n) is 4.78. The van der Waals surface area contributed by atoms with Crippen LogP contribution in [0.25, 0.3) is 21.5 Å². The molecule has 0 saturated carbocycles. The van der Waals surface area contributed by atoms with Crippen LogP contribution in [-0.2, 0) is 26.4 Å². The third kappa shape index (κ3) is 2.77. The van der Waals surface area contributed by atoms with Crippen molar-refractivity contribution in [2.24, 2.45) is 0 Å². The molecule has 0 bridgehead atoms. The van der Waals surface area contributed by atoms with Crippen molar-refractivity contribution in [1.82, 2.24) is 0 Å². The van der Waals surface area contributed by atoms with Gasteiger partial charge in [0, 0.05) is 11.1 Å². The van der Waals surface area contributed by atoms with Gasteiger partial charge in [0.15, 0.2) is 0 Å². The van der Waals surface area contributed by atoms with Gasteiger partial charge in [-0.05, 0) is 56.9 Å². The molecule has 26 heavy (non-hydrogen) atoms. The third-order valence-corrected chi connectivity index (χ3v) is 4.78. The van der Waals surface area contributed by atoms with Crippen LogP contribution in [0.3, 0.4) is 0 Å². The number of benzene rings is 3. The first-order valence-electron chi connectivity index (χ1n) is 8.21. The Morgan fingerprint density at radius 2 is 1.31 bits per heavy atom. The summed E-state index contributed by atoms with van der Waals surface area (Å²) < 4.78 is 10.7. The summed E-state index contributed by atoms with van der Waals surface area (Å²) in [7, 11) is 3.03. The van der Waals surface area contributed by atoms with Crippen LogP contribution in [0.15, 0.2) is 24.3 Å². The molecule has 6 heteroatoms. The summed E-state index contributed by atoms with van der Waals surface area (Å²) >= 11 is 0. The molecule has 138 valence electrons. The van der Waals surface area contributed by atoms with Crippen molar-refractivity contribution in [3.8, 4) is 11.5 Å². The molecule has 4 N–H and O–H groups in total. The molecule has 0 aliphatic rings. The van der Waals surface area contributed by atoms with E-state index in [0.29, 0.717) is 33.8 Å². The predicted molar refractivity (Wildman–Crippen MR) is 98.2 cm³/mol. The van der Waals surface area contributed by atoms with E-state index < -0.39 is 0 Å². The van der Waals surface area contributed by atoms with Crippen molar-refractivity contribution < 1.29 is 29.9 Å². The van der Waals surface area contributed by atoms with Crippen molar-refractivity contribution in [2.45, 2.75) is 26.4 Å². The second kappa shape index (κ2) is 7.47. The van der Waals surface area contributed by atoms with Gasteiger partial charge in [-0.2, -0.15) is 0 Å². The molecule has 0 heterocycles. The van der Waals surface area contributed by atoms with Gasteiger partial charge in [0.25, 0.3) is 0 Å². The van der Waals surface area contributed by atoms with E-state index in [1.54, 1.807) is 12.1 Å². The fraction of sp³-hybridized carbons (Fsp3) is 0.300. The van der Waals surface area contributed by atoms with Crippen LogP contribution in [0.1, 0.15) is 22.3 Å². The SMILES string of the molecule is COc1cc2cc(CO)c3cc(OC)c(CO)c(CO)c3c2cc1CO. The van der Waals surface area contributed by atoms with Gasteiger partial charge in [-0.15, -0.1) is 0 Å². The van der Waals surface area contributed by atoms with E-state index in [2.05, 4.69) is 0 Å². The molecular formula is C20H22O6. The van der Waals surface area contributed by atoms with Crippen LogP contribution in [0.5, 0.6) is 11.5 Å². The monoisotopic (exact) mass is 358 g/mol. The minimum Gasteiger partial charge on any atom is -0.496 e. The fourth-order valence-corrected chi connectivity index (χ4v) is 3.53. The summed E-state index contributed by atoms with van der Waals surface area (Å²) in [5.74, 6) is 0.999. The van der Waals surface area contributed by atoms with Gasteiger partial charge in [-0.25, -0.2) is 0 Å². The molecule has 0 atom stereocenters. The van der Waals surface area contributed by atoms with Crippen LogP contribution >= 0.6 is 0 Å². The molecule has 3 aromatic carbocycles. The van der Waals surface area contributed by atoms with Crippen LogP contribution in [0.4, 0.5) is 0 Å². The molecule has 6 nitrogen and oxygen atoms in total. The Labute approximate surface area is 150 Å². The molecule has 0 aromatic heterocycles. The van der Waals surface area contributed by atoms with Crippen molar-refractivity contribution >= 4 is 21.5 Å². The predicted octanol–water partition coefficient (Wildman–Crippen LogP) is 1.98. The Kier molecular flexibility index (Phi) is 5.29. The van der Waals surface area contributed by atoms with E-state index >= 15 is 0 Å². The molecule has 0 aliphatic carbocycles. The summed E-state index contributed by atoms with van der Waals surface area (Å²) in [4.78, 5) is 0. The maximum atomic E-state index is 10.0. The van der Waals surface area contributed by atoms with Gasteiger partial charge in [0.05, 0.1) is 40.6 Å². The fourth-order valence-electron chi connectivity index (χ4n) is 3.53. The highest BCUT2D eigenvalue weighted by Gasteiger charge is 2.19.